The first-order valence-electron chi connectivity index (χ1n) is 4.06. The van der Waals surface area contributed by atoms with Gasteiger partial charge in [-0.2, -0.15) is 0 Å². The molecular weight excluding hydrogens is 317 g/mol. The Morgan fingerprint density at radius 1 is 1.36 bits per heavy atom. The largest absolute Gasteiger partial charge is 0.273 e. The second-order valence-corrected chi connectivity index (χ2v) is 5.24. The molecule has 0 fully saturated rings. The summed E-state index contributed by atoms with van der Waals surface area (Å²) in [5.74, 6) is 0. The summed E-state index contributed by atoms with van der Waals surface area (Å²) in [5.41, 5.74) is 1.11. The predicted molar refractivity (Wildman–Crippen MR) is 64.2 cm³/mol. The van der Waals surface area contributed by atoms with Gasteiger partial charge in [-0.3, -0.25) is 0 Å². The van der Waals surface area contributed by atoms with E-state index in [1.54, 1.807) is 0 Å². The van der Waals surface area contributed by atoms with E-state index in [-0.39, 0.29) is 4.88 Å². The highest BCUT2D eigenvalue weighted by molar-refractivity contribution is 14.1. The number of aryl methyl sites for hydroxylation is 1. The molecule has 0 amide bonds. The van der Waals surface area contributed by atoms with Crippen LogP contribution in [0.4, 0.5) is 8.78 Å². The molecule has 0 aliphatic carbocycles. The highest BCUT2D eigenvalue weighted by atomic mass is 127. The average Bonchev–Trinajstić information content (AvgIpc) is 2.43. The molecule has 1 aromatic carbocycles. The SMILES string of the molecule is Cc1ccc2c(I)c(C(F)F)sc2c1. The summed E-state index contributed by atoms with van der Waals surface area (Å²) in [4.78, 5) is 0.186. The number of fused-ring (bicyclic) bond motifs is 1. The zero-order chi connectivity index (χ0) is 10.3. The van der Waals surface area contributed by atoms with Crippen LogP contribution in [0.25, 0.3) is 10.1 Å². The fraction of sp³-hybridized carbons (Fsp3) is 0.200. The maximum absolute atomic E-state index is 12.6. The summed E-state index contributed by atoms with van der Waals surface area (Å²) in [7, 11) is 0. The second-order valence-electron chi connectivity index (χ2n) is 3.08. The van der Waals surface area contributed by atoms with Crippen LogP contribution in [-0.2, 0) is 0 Å². The molecule has 1 heterocycles. The molecule has 0 unspecified atom stereocenters. The molecule has 2 rings (SSSR count). The molecule has 4 heteroatoms. The molecule has 0 radical (unpaired) electrons. The van der Waals surface area contributed by atoms with Crippen molar-refractivity contribution in [3.05, 3.63) is 32.2 Å². The Hall–Kier alpha value is -0.230. The smallest absolute Gasteiger partial charge is 0.204 e. The lowest BCUT2D eigenvalue weighted by Crippen LogP contribution is -1.80. The third kappa shape index (κ3) is 1.65. The third-order valence-electron chi connectivity index (χ3n) is 2.01. The first kappa shape index (κ1) is 10.3. The van der Waals surface area contributed by atoms with Crippen molar-refractivity contribution in [1.29, 1.82) is 0 Å². The Bertz CT molecular complexity index is 476. The maximum Gasteiger partial charge on any atom is 0.273 e. The second kappa shape index (κ2) is 3.73. The Morgan fingerprint density at radius 2 is 2.07 bits per heavy atom. The van der Waals surface area contributed by atoms with Crippen molar-refractivity contribution in [3.8, 4) is 0 Å². The van der Waals surface area contributed by atoms with Crippen LogP contribution in [0.5, 0.6) is 0 Å². The van der Waals surface area contributed by atoms with Crippen molar-refractivity contribution < 1.29 is 8.78 Å². The quantitative estimate of drug-likeness (QED) is 0.664. The van der Waals surface area contributed by atoms with Gasteiger partial charge in [-0.15, -0.1) is 11.3 Å². The summed E-state index contributed by atoms with van der Waals surface area (Å²) in [6.07, 6.45) is -2.36. The standard InChI is InChI=1S/C10H7F2IS/c1-5-2-3-6-7(4-5)14-9(8(6)13)10(11)12/h2-4,10H,1H3. The van der Waals surface area contributed by atoms with E-state index in [0.717, 1.165) is 15.6 Å². The van der Waals surface area contributed by atoms with Gasteiger partial charge >= 0.3 is 0 Å². The van der Waals surface area contributed by atoms with E-state index in [0.29, 0.717) is 3.57 Å². The fourth-order valence-electron chi connectivity index (χ4n) is 1.33. The zero-order valence-electron chi connectivity index (χ0n) is 7.35. The molecule has 14 heavy (non-hydrogen) atoms. The van der Waals surface area contributed by atoms with Gasteiger partial charge in [-0.25, -0.2) is 8.78 Å². The van der Waals surface area contributed by atoms with Gasteiger partial charge in [0.25, 0.3) is 6.43 Å². The Labute approximate surface area is 98.1 Å². The first-order chi connectivity index (χ1) is 6.59. The van der Waals surface area contributed by atoms with Crippen LogP contribution in [0.1, 0.15) is 16.9 Å². The first-order valence-corrected chi connectivity index (χ1v) is 5.96. The molecule has 0 saturated carbocycles. The van der Waals surface area contributed by atoms with E-state index < -0.39 is 6.43 Å². The van der Waals surface area contributed by atoms with Crippen molar-refractivity contribution >= 4 is 44.0 Å². The number of halogens is 3. The van der Waals surface area contributed by atoms with Gasteiger partial charge in [-0.05, 0) is 41.1 Å². The highest BCUT2D eigenvalue weighted by Crippen LogP contribution is 2.38. The molecule has 74 valence electrons. The lowest BCUT2D eigenvalue weighted by molar-refractivity contribution is 0.155. The number of benzene rings is 1. The molecule has 0 bridgehead atoms. The van der Waals surface area contributed by atoms with E-state index in [4.69, 9.17) is 0 Å². The van der Waals surface area contributed by atoms with E-state index in [1.807, 2.05) is 47.7 Å². The minimum atomic E-state index is -2.36. The Kier molecular flexibility index (Phi) is 2.74. The summed E-state index contributed by atoms with van der Waals surface area (Å²) in [5, 5.41) is 0.941. The number of thiophene rings is 1. The highest BCUT2D eigenvalue weighted by Gasteiger charge is 2.17. The molecular formula is C10H7F2IS. The monoisotopic (exact) mass is 324 g/mol. The van der Waals surface area contributed by atoms with Crippen molar-refractivity contribution in [2.45, 2.75) is 13.3 Å². The fourth-order valence-corrected chi connectivity index (χ4v) is 3.60. The van der Waals surface area contributed by atoms with Crippen molar-refractivity contribution in [2.24, 2.45) is 0 Å². The van der Waals surface area contributed by atoms with Crippen LogP contribution in [0.15, 0.2) is 18.2 Å². The van der Waals surface area contributed by atoms with Crippen LogP contribution in [-0.4, -0.2) is 0 Å². The van der Waals surface area contributed by atoms with Gasteiger partial charge in [0.2, 0.25) is 0 Å². The molecule has 0 spiro atoms. The summed E-state index contributed by atoms with van der Waals surface area (Å²) < 4.78 is 26.8. The van der Waals surface area contributed by atoms with Crippen LogP contribution in [0.3, 0.4) is 0 Å². The molecule has 0 aliphatic rings. The van der Waals surface area contributed by atoms with Gasteiger partial charge in [0.1, 0.15) is 0 Å². The van der Waals surface area contributed by atoms with Crippen LogP contribution < -0.4 is 0 Å². The Balaban J connectivity index is 2.73. The number of hydrogen-bond donors (Lipinski definition) is 0. The van der Waals surface area contributed by atoms with E-state index >= 15 is 0 Å². The van der Waals surface area contributed by atoms with Crippen molar-refractivity contribution in [1.82, 2.24) is 0 Å². The lowest BCUT2D eigenvalue weighted by atomic mass is 10.2. The zero-order valence-corrected chi connectivity index (χ0v) is 10.3. The maximum atomic E-state index is 12.6. The van der Waals surface area contributed by atoms with Gasteiger partial charge < -0.3 is 0 Å². The van der Waals surface area contributed by atoms with Gasteiger partial charge in [0.05, 0.1) is 4.88 Å². The number of rotatable bonds is 1. The topological polar surface area (TPSA) is 0 Å². The molecule has 0 atom stereocenters. The van der Waals surface area contributed by atoms with Crippen LogP contribution >= 0.6 is 33.9 Å². The molecule has 0 N–H and O–H groups in total. The van der Waals surface area contributed by atoms with E-state index in [1.165, 1.54) is 11.3 Å². The summed E-state index contributed by atoms with van der Waals surface area (Å²) in [6, 6.07) is 5.81. The molecule has 1 aromatic heterocycles. The van der Waals surface area contributed by atoms with Gasteiger partial charge in [0, 0.05) is 13.7 Å². The van der Waals surface area contributed by atoms with E-state index in [2.05, 4.69) is 0 Å². The van der Waals surface area contributed by atoms with Gasteiger partial charge in [0.15, 0.2) is 0 Å². The van der Waals surface area contributed by atoms with Crippen molar-refractivity contribution in [2.75, 3.05) is 0 Å². The third-order valence-corrected chi connectivity index (χ3v) is 4.70. The summed E-state index contributed by atoms with van der Waals surface area (Å²) in [6.45, 7) is 1.97. The molecule has 0 nitrogen and oxygen atoms in total. The average molecular weight is 324 g/mol. The van der Waals surface area contributed by atoms with Gasteiger partial charge in [-0.1, -0.05) is 12.1 Å². The van der Waals surface area contributed by atoms with Crippen LogP contribution in [0, 0.1) is 10.5 Å². The minimum Gasteiger partial charge on any atom is -0.204 e. The molecule has 0 saturated heterocycles. The van der Waals surface area contributed by atoms with Crippen molar-refractivity contribution in [3.63, 3.8) is 0 Å². The summed E-state index contributed by atoms with van der Waals surface area (Å²) >= 11 is 3.18. The number of alkyl halides is 2. The predicted octanol–water partition coefficient (Wildman–Crippen LogP) is 4.75. The lowest BCUT2D eigenvalue weighted by Gasteiger charge is -1.94. The normalized spacial score (nSPS) is 11.5. The minimum absolute atomic E-state index is 0.186. The number of hydrogen-bond acceptors (Lipinski definition) is 1. The molecule has 2 aromatic rings. The van der Waals surface area contributed by atoms with E-state index in [9.17, 15) is 8.78 Å². The van der Waals surface area contributed by atoms with Crippen LogP contribution in [0.2, 0.25) is 0 Å². The Morgan fingerprint density at radius 3 is 2.71 bits per heavy atom. The molecule has 0 aliphatic heterocycles.